The molecule has 1 fully saturated rings. The number of hydrogen-bond acceptors (Lipinski definition) is 3. The summed E-state index contributed by atoms with van der Waals surface area (Å²) >= 11 is 3.46. The highest BCUT2D eigenvalue weighted by Gasteiger charge is 2.14. The molecular weight excluding hydrogens is 284 g/mol. The Hall–Kier alpha value is -0.940. The maximum absolute atomic E-state index is 10.7. The third kappa shape index (κ3) is 3.26. The second-order valence-electron chi connectivity index (χ2n) is 4.37. The highest BCUT2D eigenvalue weighted by Crippen LogP contribution is 2.24. The standard InChI is InChI=1S/C12H15BrN2O2/c13-12-5-4-11(15(16)17)8-10(12)9-14-6-2-1-3-7-14/h4-5,8H,1-3,6-7,9H2. The van der Waals surface area contributed by atoms with E-state index in [4.69, 9.17) is 0 Å². The molecule has 0 N–H and O–H groups in total. The first-order valence-electron chi connectivity index (χ1n) is 5.82. The van der Waals surface area contributed by atoms with Crippen molar-refractivity contribution in [3.05, 3.63) is 38.3 Å². The summed E-state index contributed by atoms with van der Waals surface area (Å²) in [6, 6.07) is 4.96. The molecule has 0 bridgehead atoms. The monoisotopic (exact) mass is 298 g/mol. The molecule has 1 aliphatic heterocycles. The second-order valence-corrected chi connectivity index (χ2v) is 5.22. The Morgan fingerprint density at radius 3 is 2.65 bits per heavy atom. The average molecular weight is 299 g/mol. The van der Waals surface area contributed by atoms with Crippen molar-refractivity contribution >= 4 is 21.6 Å². The maximum Gasteiger partial charge on any atom is 0.269 e. The number of hydrogen-bond donors (Lipinski definition) is 0. The van der Waals surface area contributed by atoms with Gasteiger partial charge in [-0.05, 0) is 37.6 Å². The quantitative estimate of drug-likeness (QED) is 0.635. The van der Waals surface area contributed by atoms with E-state index < -0.39 is 0 Å². The van der Waals surface area contributed by atoms with Crippen molar-refractivity contribution in [1.82, 2.24) is 4.90 Å². The van der Waals surface area contributed by atoms with Gasteiger partial charge in [-0.15, -0.1) is 0 Å². The fourth-order valence-electron chi connectivity index (χ4n) is 2.15. The van der Waals surface area contributed by atoms with Gasteiger partial charge in [0, 0.05) is 23.2 Å². The summed E-state index contributed by atoms with van der Waals surface area (Å²) < 4.78 is 0.952. The zero-order valence-corrected chi connectivity index (χ0v) is 11.1. The lowest BCUT2D eigenvalue weighted by Gasteiger charge is -2.26. The predicted octanol–water partition coefficient (Wildman–Crippen LogP) is 3.34. The summed E-state index contributed by atoms with van der Waals surface area (Å²) in [4.78, 5) is 12.7. The number of nitrogens with zero attached hydrogens (tertiary/aromatic N) is 2. The fourth-order valence-corrected chi connectivity index (χ4v) is 2.53. The number of halogens is 1. The fraction of sp³-hybridized carbons (Fsp3) is 0.500. The SMILES string of the molecule is O=[N+]([O-])c1ccc(Br)c(CN2CCCCC2)c1. The van der Waals surface area contributed by atoms with Crippen molar-refractivity contribution in [2.24, 2.45) is 0 Å². The number of nitro groups is 1. The number of nitro benzene ring substituents is 1. The van der Waals surface area contributed by atoms with E-state index in [0.29, 0.717) is 0 Å². The zero-order chi connectivity index (χ0) is 12.3. The molecule has 0 unspecified atom stereocenters. The van der Waals surface area contributed by atoms with Gasteiger partial charge in [-0.3, -0.25) is 15.0 Å². The molecular formula is C12H15BrN2O2. The molecule has 0 spiro atoms. The lowest BCUT2D eigenvalue weighted by molar-refractivity contribution is -0.384. The van der Waals surface area contributed by atoms with Gasteiger partial charge < -0.3 is 0 Å². The number of non-ortho nitro benzene ring substituents is 1. The molecule has 0 aliphatic carbocycles. The van der Waals surface area contributed by atoms with Crippen molar-refractivity contribution in [2.75, 3.05) is 13.1 Å². The van der Waals surface area contributed by atoms with Crippen LogP contribution in [0, 0.1) is 10.1 Å². The molecule has 1 aliphatic rings. The van der Waals surface area contributed by atoms with E-state index in [0.717, 1.165) is 29.7 Å². The van der Waals surface area contributed by atoms with E-state index in [9.17, 15) is 10.1 Å². The molecule has 0 radical (unpaired) electrons. The largest absolute Gasteiger partial charge is 0.299 e. The van der Waals surface area contributed by atoms with Gasteiger partial charge in [-0.1, -0.05) is 22.4 Å². The van der Waals surface area contributed by atoms with Gasteiger partial charge in [0.15, 0.2) is 0 Å². The van der Waals surface area contributed by atoms with Gasteiger partial charge in [0.25, 0.3) is 5.69 Å². The molecule has 0 saturated carbocycles. The van der Waals surface area contributed by atoms with Crippen LogP contribution in [-0.4, -0.2) is 22.9 Å². The summed E-state index contributed by atoms with van der Waals surface area (Å²) in [5, 5.41) is 10.7. The van der Waals surface area contributed by atoms with Crippen LogP contribution in [0.1, 0.15) is 24.8 Å². The van der Waals surface area contributed by atoms with Crippen LogP contribution < -0.4 is 0 Å². The van der Waals surface area contributed by atoms with Crippen LogP contribution in [-0.2, 0) is 6.54 Å². The molecule has 0 amide bonds. The molecule has 4 nitrogen and oxygen atoms in total. The Balaban J connectivity index is 2.13. The highest BCUT2D eigenvalue weighted by molar-refractivity contribution is 9.10. The summed E-state index contributed by atoms with van der Waals surface area (Å²) in [6.45, 7) is 2.98. The number of likely N-dealkylation sites (tertiary alicyclic amines) is 1. The Morgan fingerprint density at radius 2 is 2.00 bits per heavy atom. The molecule has 1 saturated heterocycles. The summed E-state index contributed by atoms with van der Waals surface area (Å²) in [5.74, 6) is 0. The Kier molecular flexibility index (Phi) is 4.12. The van der Waals surface area contributed by atoms with Crippen LogP contribution in [0.2, 0.25) is 0 Å². The Bertz CT molecular complexity index is 417. The summed E-state index contributed by atoms with van der Waals surface area (Å²) in [5.41, 5.74) is 1.17. The van der Waals surface area contributed by atoms with E-state index in [1.165, 1.54) is 25.3 Å². The molecule has 1 aromatic rings. The molecule has 1 heterocycles. The summed E-state index contributed by atoms with van der Waals surface area (Å²) in [7, 11) is 0. The van der Waals surface area contributed by atoms with Crippen LogP contribution in [0.25, 0.3) is 0 Å². The first-order valence-corrected chi connectivity index (χ1v) is 6.61. The highest BCUT2D eigenvalue weighted by atomic mass is 79.9. The van der Waals surface area contributed by atoms with Gasteiger partial charge in [0.2, 0.25) is 0 Å². The van der Waals surface area contributed by atoms with Gasteiger partial charge in [0.05, 0.1) is 4.92 Å². The minimum atomic E-state index is -0.341. The van der Waals surface area contributed by atoms with Gasteiger partial charge in [-0.25, -0.2) is 0 Å². The lowest BCUT2D eigenvalue weighted by atomic mass is 10.1. The normalized spacial score (nSPS) is 17.0. The molecule has 92 valence electrons. The molecule has 2 rings (SSSR count). The summed E-state index contributed by atoms with van der Waals surface area (Å²) in [6.07, 6.45) is 3.76. The Labute approximate surface area is 109 Å². The second kappa shape index (κ2) is 5.60. The zero-order valence-electron chi connectivity index (χ0n) is 9.56. The third-order valence-electron chi connectivity index (χ3n) is 3.08. The van der Waals surface area contributed by atoms with Crippen molar-refractivity contribution in [1.29, 1.82) is 0 Å². The minimum Gasteiger partial charge on any atom is -0.299 e. The van der Waals surface area contributed by atoms with Crippen molar-refractivity contribution in [2.45, 2.75) is 25.8 Å². The Morgan fingerprint density at radius 1 is 1.29 bits per heavy atom. The van der Waals surface area contributed by atoms with E-state index in [1.54, 1.807) is 12.1 Å². The van der Waals surface area contributed by atoms with Crippen LogP contribution in [0.3, 0.4) is 0 Å². The van der Waals surface area contributed by atoms with Crippen molar-refractivity contribution in [3.8, 4) is 0 Å². The van der Waals surface area contributed by atoms with Crippen LogP contribution in [0.5, 0.6) is 0 Å². The van der Waals surface area contributed by atoms with Gasteiger partial charge in [-0.2, -0.15) is 0 Å². The number of piperidine rings is 1. The van der Waals surface area contributed by atoms with Crippen molar-refractivity contribution < 1.29 is 4.92 Å². The molecule has 0 aromatic heterocycles. The molecule has 5 heteroatoms. The smallest absolute Gasteiger partial charge is 0.269 e. The van der Waals surface area contributed by atoms with Gasteiger partial charge in [0.1, 0.15) is 0 Å². The minimum absolute atomic E-state index is 0.167. The lowest BCUT2D eigenvalue weighted by Crippen LogP contribution is -2.29. The molecule has 1 aromatic carbocycles. The number of rotatable bonds is 3. The van der Waals surface area contributed by atoms with E-state index in [2.05, 4.69) is 20.8 Å². The van der Waals surface area contributed by atoms with E-state index in [1.807, 2.05) is 0 Å². The third-order valence-corrected chi connectivity index (χ3v) is 3.86. The average Bonchev–Trinajstić information content (AvgIpc) is 2.33. The van der Waals surface area contributed by atoms with Crippen LogP contribution >= 0.6 is 15.9 Å². The first kappa shape index (κ1) is 12.5. The van der Waals surface area contributed by atoms with E-state index in [-0.39, 0.29) is 10.6 Å². The molecule has 17 heavy (non-hydrogen) atoms. The van der Waals surface area contributed by atoms with E-state index >= 15 is 0 Å². The number of benzene rings is 1. The predicted molar refractivity (Wildman–Crippen MR) is 69.9 cm³/mol. The molecule has 0 atom stereocenters. The van der Waals surface area contributed by atoms with Crippen LogP contribution in [0.15, 0.2) is 22.7 Å². The topological polar surface area (TPSA) is 46.4 Å². The first-order chi connectivity index (χ1) is 8.16. The maximum atomic E-state index is 10.7. The van der Waals surface area contributed by atoms with Crippen LogP contribution in [0.4, 0.5) is 5.69 Å². The van der Waals surface area contributed by atoms with Crippen molar-refractivity contribution in [3.63, 3.8) is 0 Å². The van der Waals surface area contributed by atoms with Gasteiger partial charge >= 0.3 is 0 Å².